The van der Waals surface area contributed by atoms with E-state index in [1.165, 1.54) is 0 Å². The molecule has 1 saturated heterocycles. The summed E-state index contributed by atoms with van der Waals surface area (Å²) in [5, 5.41) is 0. The van der Waals surface area contributed by atoms with Gasteiger partial charge in [0, 0.05) is 19.0 Å². The summed E-state index contributed by atoms with van der Waals surface area (Å²) >= 11 is 5.49. The van der Waals surface area contributed by atoms with Crippen LogP contribution in [0.5, 0.6) is 0 Å². The lowest BCUT2D eigenvalue weighted by molar-refractivity contribution is 0.127. The number of sulfonamides is 1. The van der Waals surface area contributed by atoms with Crippen molar-refractivity contribution in [2.24, 2.45) is 0 Å². The van der Waals surface area contributed by atoms with Crippen LogP contribution in [0.15, 0.2) is 0 Å². The minimum Gasteiger partial charge on any atom is -0.377 e. The second-order valence-electron chi connectivity index (χ2n) is 3.71. The summed E-state index contributed by atoms with van der Waals surface area (Å²) in [7, 11) is -3.16. The fourth-order valence-corrected chi connectivity index (χ4v) is 3.04. The minimum atomic E-state index is -3.16. The Morgan fingerprint density at radius 1 is 1.40 bits per heavy atom. The molecular formula is C9H18ClNO3S. The van der Waals surface area contributed by atoms with E-state index in [0.717, 1.165) is 25.7 Å². The van der Waals surface area contributed by atoms with E-state index in [2.05, 4.69) is 4.72 Å². The highest BCUT2D eigenvalue weighted by Crippen LogP contribution is 2.13. The average molecular weight is 256 g/mol. The molecule has 4 nitrogen and oxygen atoms in total. The highest BCUT2D eigenvalue weighted by atomic mass is 35.5. The number of hydrogen-bond acceptors (Lipinski definition) is 3. The zero-order valence-corrected chi connectivity index (χ0v) is 10.3. The molecule has 1 aliphatic heterocycles. The van der Waals surface area contributed by atoms with Gasteiger partial charge in [-0.15, -0.1) is 11.6 Å². The van der Waals surface area contributed by atoms with Crippen molar-refractivity contribution in [3.8, 4) is 0 Å². The maximum Gasteiger partial charge on any atom is 0.214 e. The highest BCUT2D eigenvalue weighted by Gasteiger charge is 2.22. The first-order valence-corrected chi connectivity index (χ1v) is 7.47. The molecule has 1 fully saturated rings. The van der Waals surface area contributed by atoms with Crippen LogP contribution in [0.3, 0.4) is 0 Å². The first-order valence-electron chi connectivity index (χ1n) is 5.29. The maximum atomic E-state index is 11.5. The Hall–Kier alpha value is 0.160. The minimum absolute atomic E-state index is 0.0911. The number of halogens is 1. The van der Waals surface area contributed by atoms with Crippen molar-refractivity contribution in [2.75, 3.05) is 24.8 Å². The molecule has 0 spiro atoms. The van der Waals surface area contributed by atoms with Gasteiger partial charge in [0.25, 0.3) is 0 Å². The lowest BCUT2D eigenvalue weighted by Crippen LogP contribution is -2.32. The molecule has 15 heavy (non-hydrogen) atoms. The van der Waals surface area contributed by atoms with Crippen molar-refractivity contribution < 1.29 is 13.2 Å². The average Bonchev–Trinajstić information content (AvgIpc) is 2.64. The van der Waals surface area contributed by atoms with E-state index >= 15 is 0 Å². The van der Waals surface area contributed by atoms with E-state index in [9.17, 15) is 8.42 Å². The zero-order valence-electron chi connectivity index (χ0n) is 8.75. The van der Waals surface area contributed by atoms with Gasteiger partial charge in [-0.05, 0) is 25.7 Å². The predicted molar refractivity (Wildman–Crippen MR) is 60.7 cm³/mol. The SMILES string of the molecule is O=S(=O)(CC1CCCO1)NCCCCCl. The molecule has 1 heterocycles. The monoisotopic (exact) mass is 255 g/mol. The molecule has 0 radical (unpaired) electrons. The third kappa shape index (κ3) is 5.70. The topological polar surface area (TPSA) is 55.4 Å². The third-order valence-corrected chi connectivity index (χ3v) is 4.03. The number of hydrogen-bond donors (Lipinski definition) is 1. The molecule has 1 rings (SSSR count). The lowest BCUT2D eigenvalue weighted by atomic mass is 10.3. The maximum absolute atomic E-state index is 11.5. The van der Waals surface area contributed by atoms with Gasteiger partial charge in [-0.3, -0.25) is 0 Å². The Bertz CT molecular complexity index is 263. The molecule has 0 aromatic rings. The summed E-state index contributed by atoms with van der Waals surface area (Å²) in [5.74, 6) is 0.668. The van der Waals surface area contributed by atoms with Crippen molar-refractivity contribution in [3.05, 3.63) is 0 Å². The number of nitrogens with one attached hydrogen (secondary N) is 1. The number of rotatable bonds is 7. The van der Waals surface area contributed by atoms with Gasteiger partial charge in [0.15, 0.2) is 0 Å². The fourth-order valence-electron chi connectivity index (χ4n) is 1.53. The van der Waals surface area contributed by atoms with E-state index in [-0.39, 0.29) is 11.9 Å². The van der Waals surface area contributed by atoms with E-state index in [1.54, 1.807) is 0 Å². The largest absolute Gasteiger partial charge is 0.377 e. The van der Waals surface area contributed by atoms with Crippen molar-refractivity contribution in [1.82, 2.24) is 4.72 Å². The van der Waals surface area contributed by atoms with Crippen LogP contribution < -0.4 is 4.72 Å². The summed E-state index contributed by atoms with van der Waals surface area (Å²) in [6.45, 7) is 1.16. The quantitative estimate of drug-likeness (QED) is 0.548. The second kappa shape index (κ2) is 6.68. The molecule has 1 unspecified atom stereocenters. The van der Waals surface area contributed by atoms with Gasteiger partial charge in [-0.25, -0.2) is 13.1 Å². The van der Waals surface area contributed by atoms with E-state index in [4.69, 9.17) is 16.3 Å². The van der Waals surface area contributed by atoms with Crippen LogP contribution in [-0.4, -0.2) is 39.3 Å². The van der Waals surface area contributed by atoms with Crippen LogP contribution in [-0.2, 0) is 14.8 Å². The molecule has 0 aromatic heterocycles. The van der Waals surface area contributed by atoms with Crippen LogP contribution in [0.1, 0.15) is 25.7 Å². The van der Waals surface area contributed by atoms with Crippen LogP contribution in [0, 0.1) is 0 Å². The first-order chi connectivity index (χ1) is 7.14. The molecule has 0 saturated carbocycles. The summed E-state index contributed by atoms with van der Waals surface area (Å²) in [6.07, 6.45) is 3.32. The Labute approximate surface area is 96.4 Å². The summed E-state index contributed by atoms with van der Waals surface area (Å²) in [5.41, 5.74) is 0. The highest BCUT2D eigenvalue weighted by molar-refractivity contribution is 7.89. The Balaban J connectivity index is 2.19. The third-order valence-electron chi connectivity index (χ3n) is 2.31. The molecule has 6 heteroatoms. The van der Waals surface area contributed by atoms with Gasteiger partial charge < -0.3 is 4.74 Å². The number of ether oxygens (including phenoxy) is 1. The first kappa shape index (κ1) is 13.2. The molecule has 90 valence electrons. The normalized spacial score (nSPS) is 22.1. The molecule has 1 atom stereocenters. The summed E-state index contributed by atoms with van der Waals surface area (Å²) in [4.78, 5) is 0. The van der Waals surface area contributed by atoms with Gasteiger partial charge in [0.2, 0.25) is 10.0 Å². The van der Waals surface area contributed by atoms with Crippen molar-refractivity contribution in [3.63, 3.8) is 0 Å². The lowest BCUT2D eigenvalue weighted by Gasteiger charge is -2.10. The van der Waals surface area contributed by atoms with Crippen LogP contribution in [0.4, 0.5) is 0 Å². The molecule has 0 aliphatic carbocycles. The van der Waals surface area contributed by atoms with Gasteiger partial charge in [0.05, 0.1) is 11.9 Å². The van der Waals surface area contributed by atoms with Crippen LogP contribution in [0.2, 0.25) is 0 Å². The van der Waals surface area contributed by atoms with Crippen molar-refractivity contribution in [1.29, 1.82) is 0 Å². The Kier molecular flexibility index (Phi) is 5.89. The molecule has 1 aliphatic rings. The van der Waals surface area contributed by atoms with Gasteiger partial charge in [-0.2, -0.15) is 0 Å². The predicted octanol–water partition coefficient (Wildman–Crippen LogP) is 1.10. The van der Waals surface area contributed by atoms with Gasteiger partial charge >= 0.3 is 0 Å². The number of unbranched alkanes of at least 4 members (excludes halogenated alkanes) is 1. The Morgan fingerprint density at radius 3 is 2.80 bits per heavy atom. The van der Waals surface area contributed by atoms with E-state index < -0.39 is 10.0 Å². The van der Waals surface area contributed by atoms with Crippen molar-refractivity contribution >= 4 is 21.6 Å². The number of alkyl halides is 1. The van der Waals surface area contributed by atoms with Gasteiger partial charge in [0.1, 0.15) is 0 Å². The van der Waals surface area contributed by atoms with Crippen LogP contribution >= 0.6 is 11.6 Å². The smallest absolute Gasteiger partial charge is 0.214 e. The summed E-state index contributed by atoms with van der Waals surface area (Å²) in [6, 6.07) is 0. The summed E-state index contributed by atoms with van der Waals surface area (Å²) < 4.78 is 30.9. The molecule has 0 aromatic carbocycles. The zero-order chi connectivity index (χ0) is 11.1. The Morgan fingerprint density at radius 2 is 2.20 bits per heavy atom. The van der Waals surface area contributed by atoms with E-state index in [1.807, 2.05) is 0 Å². The standard InChI is InChI=1S/C9H18ClNO3S/c10-5-1-2-6-11-15(12,13)8-9-4-3-7-14-9/h9,11H,1-8H2. The van der Waals surface area contributed by atoms with Gasteiger partial charge in [-0.1, -0.05) is 0 Å². The van der Waals surface area contributed by atoms with Crippen molar-refractivity contribution in [2.45, 2.75) is 31.8 Å². The molecule has 1 N–H and O–H groups in total. The second-order valence-corrected chi connectivity index (χ2v) is 5.94. The van der Waals surface area contributed by atoms with E-state index in [0.29, 0.717) is 19.0 Å². The molecule has 0 amide bonds. The molecular weight excluding hydrogens is 238 g/mol. The fraction of sp³-hybridized carbons (Fsp3) is 1.00. The molecule has 0 bridgehead atoms. The van der Waals surface area contributed by atoms with Crippen LogP contribution in [0.25, 0.3) is 0 Å².